The van der Waals surface area contributed by atoms with Gasteiger partial charge in [-0.05, 0) is 11.6 Å². The fraction of sp³-hybridized carbons (Fsp3) is 0.455. The molecule has 4 nitrogen and oxygen atoms in total. The Labute approximate surface area is 93.8 Å². The van der Waals surface area contributed by atoms with Gasteiger partial charge in [-0.25, -0.2) is 4.39 Å². The number of halogens is 1. The first-order chi connectivity index (χ1) is 7.63. The summed E-state index contributed by atoms with van der Waals surface area (Å²) in [7, 11) is 2.91. The van der Waals surface area contributed by atoms with E-state index in [1.807, 2.05) is 0 Å². The second-order valence-corrected chi connectivity index (χ2v) is 3.37. The van der Waals surface area contributed by atoms with Gasteiger partial charge in [0.25, 0.3) is 0 Å². The Kier molecular flexibility index (Phi) is 4.67. The number of hydrogen-bond acceptors (Lipinski definition) is 4. The van der Waals surface area contributed by atoms with Gasteiger partial charge in [-0.3, -0.25) is 0 Å². The van der Waals surface area contributed by atoms with Crippen LogP contribution in [0.5, 0.6) is 5.75 Å². The van der Waals surface area contributed by atoms with Crippen molar-refractivity contribution < 1.29 is 19.0 Å². The fourth-order valence-corrected chi connectivity index (χ4v) is 1.59. The molecule has 5 heteroatoms. The molecule has 0 radical (unpaired) electrons. The first kappa shape index (κ1) is 12.9. The third-order valence-electron chi connectivity index (χ3n) is 2.27. The van der Waals surface area contributed by atoms with E-state index in [0.717, 1.165) is 0 Å². The van der Waals surface area contributed by atoms with Crippen LogP contribution in [0.1, 0.15) is 17.2 Å². The van der Waals surface area contributed by atoms with Crippen molar-refractivity contribution in [3.8, 4) is 5.75 Å². The SMILES string of the molecule is COCc1cc(F)cc(OC)c1C(O)CN. The number of aliphatic hydroxyl groups excluding tert-OH is 1. The molecule has 16 heavy (non-hydrogen) atoms. The van der Waals surface area contributed by atoms with Crippen LogP contribution in [0.4, 0.5) is 4.39 Å². The van der Waals surface area contributed by atoms with Crippen LogP contribution < -0.4 is 10.5 Å². The van der Waals surface area contributed by atoms with Gasteiger partial charge in [-0.2, -0.15) is 0 Å². The molecule has 0 saturated heterocycles. The highest BCUT2D eigenvalue weighted by atomic mass is 19.1. The van der Waals surface area contributed by atoms with Crippen LogP contribution in [0.2, 0.25) is 0 Å². The van der Waals surface area contributed by atoms with Crippen LogP contribution in [0.3, 0.4) is 0 Å². The van der Waals surface area contributed by atoms with Crippen molar-refractivity contribution >= 4 is 0 Å². The minimum atomic E-state index is -0.888. The van der Waals surface area contributed by atoms with Crippen LogP contribution in [-0.4, -0.2) is 25.9 Å². The number of aliphatic hydroxyl groups is 1. The molecule has 0 saturated carbocycles. The number of rotatable bonds is 5. The van der Waals surface area contributed by atoms with Crippen LogP contribution >= 0.6 is 0 Å². The zero-order valence-corrected chi connectivity index (χ0v) is 9.37. The molecule has 90 valence electrons. The third kappa shape index (κ3) is 2.69. The lowest BCUT2D eigenvalue weighted by atomic mass is 10.0. The van der Waals surface area contributed by atoms with E-state index < -0.39 is 11.9 Å². The Morgan fingerprint density at radius 3 is 2.62 bits per heavy atom. The Morgan fingerprint density at radius 1 is 1.44 bits per heavy atom. The van der Waals surface area contributed by atoms with Crippen molar-refractivity contribution in [2.45, 2.75) is 12.7 Å². The quantitative estimate of drug-likeness (QED) is 0.789. The van der Waals surface area contributed by atoms with Crippen molar-refractivity contribution in [3.63, 3.8) is 0 Å². The molecule has 0 bridgehead atoms. The maximum absolute atomic E-state index is 13.2. The molecule has 0 aliphatic heterocycles. The largest absolute Gasteiger partial charge is 0.496 e. The van der Waals surface area contributed by atoms with Crippen LogP contribution in [0.25, 0.3) is 0 Å². The number of benzene rings is 1. The summed E-state index contributed by atoms with van der Waals surface area (Å²) in [5.41, 5.74) is 6.41. The number of methoxy groups -OCH3 is 2. The Morgan fingerprint density at radius 2 is 2.12 bits per heavy atom. The average Bonchev–Trinajstić information content (AvgIpc) is 2.27. The lowest BCUT2D eigenvalue weighted by Crippen LogP contribution is -2.15. The van der Waals surface area contributed by atoms with Gasteiger partial charge >= 0.3 is 0 Å². The van der Waals surface area contributed by atoms with Crippen molar-refractivity contribution in [2.75, 3.05) is 20.8 Å². The molecule has 0 aliphatic rings. The maximum atomic E-state index is 13.2. The zero-order valence-electron chi connectivity index (χ0n) is 9.37. The Balaban J connectivity index is 3.26. The molecule has 3 N–H and O–H groups in total. The summed E-state index contributed by atoms with van der Waals surface area (Å²) in [6.45, 7) is 0.235. The first-order valence-corrected chi connectivity index (χ1v) is 4.87. The van der Waals surface area contributed by atoms with E-state index in [0.29, 0.717) is 11.1 Å². The van der Waals surface area contributed by atoms with Crippen molar-refractivity contribution in [1.82, 2.24) is 0 Å². The lowest BCUT2D eigenvalue weighted by molar-refractivity contribution is 0.162. The number of nitrogens with two attached hydrogens (primary N) is 1. The summed E-state index contributed by atoms with van der Waals surface area (Å²) >= 11 is 0. The van der Waals surface area contributed by atoms with Gasteiger partial charge in [-0.1, -0.05) is 0 Å². The summed E-state index contributed by atoms with van der Waals surface area (Å²) in [5, 5.41) is 9.76. The Hall–Kier alpha value is -1.17. The fourth-order valence-electron chi connectivity index (χ4n) is 1.59. The van der Waals surface area contributed by atoms with Crippen molar-refractivity contribution in [1.29, 1.82) is 0 Å². The average molecular weight is 229 g/mol. The van der Waals surface area contributed by atoms with Gasteiger partial charge in [-0.15, -0.1) is 0 Å². The second-order valence-electron chi connectivity index (χ2n) is 3.37. The van der Waals surface area contributed by atoms with E-state index in [4.69, 9.17) is 15.2 Å². The van der Waals surface area contributed by atoms with E-state index in [-0.39, 0.29) is 18.9 Å². The van der Waals surface area contributed by atoms with Crippen LogP contribution in [0.15, 0.2) is 12.1 Å². The molecule has 0 heterocycles. The van der Waals surface area contributed by atoms with Gasteiger partial charge in [0.15, 0.2) is 0 Å². The van der Waals surface area contributed by atoms with E-state index in [9.17, 15) is 9.50 Å². The molecule has 0 amide bonds. The summed E-state index contributed by atoms with van der Waals surface area (Å²) in [6, 6.07) is 2.52. The molecular weight excluding hydrogens is 213 g/mol. The van der Waals surface area contributed by atoms with Gasteiger partial charge < -0.3 is 20.3 Å². The summed E-state index contributed by atoms with van der Waals surface area (Å²) in [5.74, 6) is -0.151. The molecule has 1 aromatic carbocycles. The minimum absolute atomic E-state index is 0.0404. The standard InChI is InChI=1S/C11H16FNO3/c1-15-6-7-3-8(12)4-10(16-2)11(7)9(14)5-13/h3-4,9,14H,5-6,13H2,1-2H3. The molecule has 1 aromatic rings. The summed E-state index contributed by atoms with van der Waals surface area (Å²) < 4.78 is 23.2. The van der Waals surface area contributed by atoms with Gasteiger partial charge in [0.1, 0.15) is 11.6 Å². The zero-order chi connectivity index (χ0) is 12.1. The third-order valence-corrected chi connectivity index (χ3v) is 2.27. The van der Waals surface area contributed by atoms with Gasteiger partial charge in [0, 0.05) is 25.3 Å². The topological polar surface area (TPSA) is 64.7 Å². The van der Waals surface area contributed by atoms with E-state index >= 15 is 0 Å². The smallest absolute Gasteiger partial charge is 0.127 e. The maximum Gasteiger partial charge on any atom is 0.127 e. The van der Waals surface area contributed by atoms with Crippen LogP contribution in [-0.2, 0) is 11.3 Å². The van der Waals surface area contributed by atoms with E-state index in [1.165, 1.54) is 26.4 Å². The lowest BCUT2D eigenvalue weighted by Gasteiger charge is -2.17. The summed E-state index contributed by atoms with van der Waals surface area (Å²) in [6.07, 6.45) is -0.888. The van der Waals surface area contributed by atoms with Gasteiger partial charge in [0.2, 0.25) is 0 Å². The molecule has 1 atom stereocenters. The molecular formula is C11H16FNO3. The molecule has 0 aromatic heterocycles. The highest BCUT2D eigenvalue weighted by molar-refractivity contribution is 5.42. The minimum Gasteiger partial charge on any atom is -0.496 e. The molecule has 1 unspecified atom stereocenters. The summed E-state index contributed by atoms with van der Waals surface area (Å²) in [4.78, 5) is 0. The predicted molar refractivity (Wildman–Crippen MR) is 57.7 cm³/mol. The highest BCUT2D eigenvalue weighted by Crippen LogP contribution is 2.30. The van der Waals surface area contributed by atoms with Crippen LogP contribution in [0, 0.1) is 5.82 Å². The molecule has 0 aliphatic carbocycles. The van der Waals surface area contributed by atoms with Crippen molar-refractivity contribution in [3.05, 3.63) is 29.1 Å². The molecule has 0 spiro atoms. The van der Waals surface area contributed by atoms with Gasteiger partial charge in [0.05, 0.1) is 19.8 Å². The molecule has 0 fully saturated rings. The monoisotopic (exact) mass is 229 g/mol. The number of ether oxygens (including phenoxy) is 2. The first-order valence-electron chi connectivity index (χ1n) is 4.87. The Bertz CT molecular complexity index is 357. The predicted octanol–water partition coefficient (Wildman–Crippen LogP) is 0.973. The van der Waals surface area contributed by atoms with Crippen molar-refractivity contribution in [2.24, 2.45) is 5.73 Å². The van der Waals surface area contributed by atoms with E-state index in [1.54, 1.807) is 0 Å². The normalized spacial score (nSPS) is 12.6. The highest BCUT2D eigenvalue weighted by Gasteiger charge is 2.18. The van der Waals surface area contributed by atoms with E-state index in [2.05, 4.69) is 0 Å². The molecule has 1 rings (SSSR count). The second kappa shape index (κ2) is 5.79. The number of hydrogen-bond donors (Lipinski definition) is 2.